The Hall–Kier alpha value is -1.10. The lowest BCUT2D eigenvalue weighted by Crippen LogP contribution is -2.44. The van der Waals surface area contributed by atoms with Crippen molar-refractivity contribution in [1.29, 1.82) is 0 Å². The monoisotopic (exact) mass is 282 g/mol. The number of aryl methyl sites for hydroxylation is 1. The number of nitrogens with zero attached hydrogens (tertiary/aromatic N) is 1. The first-order valence-corrected chi connectivity index (χ1v) is 6.82. The minimum absolute atomic E-state index is 0.0194. The van der Waals surface area contributed by atoms with Crippen molar-refractivity contribution < 1.29 is 9.53 Å². The van der Waals surface area contributed by atoms with Gasteiger partial charge in [0.25, 0.3) is 0 Å². The van der Waals surface area contributed by atoms with E-state index >= 15 is 0 Å². The molecule has 1 heterocycles. The Morgan fingerprint density at radius 2 is 2.37 bits per heavy atom. The van der Waals surface area contributed by atoms with E-state index in [4.69, 9.17) is 16.3 Å². The first-order chi connectivity index (χ1) is 9.04. The van der Waals surface area contributed by atoms with Gasteiger partial charge in [-0.05, 0) is 31.5 Å². The maximum atomic E-state index is 11.9. The number of anilines is 1. The second-order valence-electron chi connectivity index (χ2n) is 4.93. The Kier molecular flexibility index (Phi) is 4.80. The number of rotatable bonds is 3. The molecule has 1 N–H and O–H groups in total. The summed E-state index contributed by atoms with van der Waals surface area (Å²) in [6.45, 7) is 6.62. The molecular weight excluding hydrogens is 264 g/mol. The van der Waals surface area contributed by atoms with Crippen LogP contribution in [0.25, 0.3) is 0 Å². The van der Waals surface area contributed by atoms with E-state index in [9.17, 15) is 4.79 Å². The van der Waals surface area contributed by atoms with Gasteiger partial charge in [0.05, 0.1) is 19.3 Å². The van der Waals surface area contributed by atoms with E-state index in [0.29, 0.717) is 18.2 Å². The normalized spacial score (nSPS) is 20.3. The average Bonchev–Trinajstić information content (AvgIpc) is 2.34. The lowest BCUT2D eigenvalue weighted by atomic mass is 10.2. The Labute approximate surface area is 118 Å². The molecule has 1 aromatic carbocycles. The first kappa shape index (κ1) is 14.3. The summed E-state index contributed by atoms with van der Waals surface area (Å²) in [6.07, 6.45) is 0.190. The third-order valence-electron chi connectivity index (χ3n) is 3.15. The van der Waals surface area contributed by atoms with Gasteiger partial charge >= 0.3 is 0 Å². The van der Waals surface area contributed by atoms with E-state index < -0.39 is 0 Å². The number of hydrogen-bond donors (Lipinski definition) is 1. The molecule has 0 saturated carbocycles. The summed E-state index contributed by atoms with van der Waals surface area (Å²) >= 11 is 6.03. The zero-order chi connectivity index (χ0) is 13.8. The zero-order valence-electron chi connectivity index (χ0n) is 11.3. The van der Waals surface area contributed by atoms with Gasteiger partial charge in [-0.25, -0.2) is 0 Å². The van der Waals surface area contributed by atoms with E-state index in [1.54, 1.807) is 6.07 Å². The third-order valence-corrected chi connectivity index (χ3v) is 3.56. The molecule has 4 nitrogen and oxygen atoms in total. The van der Waals surface area contributed by atoms with Crippen molar-refractivity contribution >= 4 is 23.2 Å². The van der Waals surface area contributed by atoms with Crippen LogP contribution in [0.3, 0.4) is 0 Å². The van der Waals surface area contributed by atoms with Crippen LogP contribution in [0.2, 0.25) is 5.02 Å². The van der Waals surface area contributed by atoms with Gasteiger partial charge in [-0.2, -0.15) is 0 Å². The molecule has 0 aromatic heterocycles. The predicted molar refractivity (Wildman–Crippen MR) is 76.7 cm³/mol. The topological polar surface area (TPSA) is 41.6 Å². The third kappa shape index (κ3) is 4.20. The highest BCUT2D eigenvalue weighted by molar-refractivity contribution is 6.31. The van der Waals surface area contributed by atoms with Crippen LogP contribution in [0.4, 0.5) is 5.69 Å². The highest BCUT2D eigenvalue weighted by Gasteiger charge is 2.18. The molecule has 1 aliphatic rings. The van der Waals surface area contributed by atoms with Crippen molar-refractivity contribution in [2.24, 2.45) is 0 Å². The molecule has 1 saturated heterocycles. The number of ether oxygens (including phenoxy) is 1. The number of benzene rings is 1. The lowest BCUT2D eigenvalue weighted by Gasteiger charge is -2.30. The van der Waals surface area contributed by atoms with Crippen LogP contribution >= 0.6 is 11.6 Å². The van der Waals surface area contributed by atoms with Crippen LogP contribution in [0.5, 0.6) is 0 Å². The zero-order valence-corrected chi connectivity index (χ0v) is 12.0. The molecular formula is C14H19ClN2O2. The Bertz CT molecular complexity index is 465. The fraction of sp³-hybridized carbons (Fsp3) is 0.500. The van der Waals surface area contributed by atoms with Crippen LogP contribution in [0, 0.1) is 6.92 Å². The summed E-state index contributed by atoms with van der Waals surface area (Å²) in [4.78, 5) is 14.0. The van der Waals surface area contributed by atoms with E-state index in [2.05, 4.69) is 10.2 Å². The van der Waals surface area contributed by atoms with Crippen molar-refractivity contribution in [1.82, 2.24) is 4.90 Å². The molecule has 1 amide bonds. The van der Waals surface area contributed by atoms with Gasteiger partial charge in [0, 0.05) is 23.8 Å². The van der Waals surface area contributed by atoms with Gasteiger partial charge in [0.2, 0.25) is 5.91 Å². The molecule has 1 unspecified atom stereocenters. The second kappa shape index (κ2) is 6.37. The SMILES string of the molecule is Cc1ccc(NC(=O)CN2CCOC(C)C2)cc1Cl. The summed E-state index contributed by atoms with van der Waals surface area (Å²) in [5.74, 6) is -0.0194. The Balaban J connectivity index is 1.88. The second-order valence-corrected chi connectivity index (χ2v) is 5.34. The number of carbonyl (C=O) groups is 1. The van der Waals surface area contributed by atoms with Crippen molar-refractivity contribution in [3.05, 3.63) is 28.8 Å². The first-order valence-electron chi connectivity index (χ1n) is 6.44. The molecule has 19 heavy (non-hydrogen) atoms. The maximum Gasteiger partial charge on any atom is 0.238 e. The van der Waals surface area contributed by atoms with Crippen LogP contribution in [0.1, 0.15) is 12.5 Å². The average molecular weight is 283 g/mol. The molecule has 0 radical (unpaired) electrons. The molecule has 0 bridgehead atoms. The van der Waals surface area contributed by atoms with E-state index in [1.165, 1.54) is 0 Å². The number of hydrogen-bond acceptors (Lipinski definition) is 3. The van der Waals surface area contributed by atoms with Crippen molar-refractivity contribution in [2.75, 3.05) is 31.6 Å². The van der Waals surface area contributed by atoms with Crippen LogP contribution in [-0.2, 0) is 9.53 Å². The van der Waals surface area contributed by atoms with Crippen LogP contribution in [0.15, 0.2) is 18.2 Å². The largest absolute Gasteiger partial charge is 0.376 e. The fourth-order valence-corrected chi connectivity index (χ4v) is 2.29. The van der Waals surface area contributed by atoms with Crippen LogP contribution in [-0.4, -0.2) is 43.2 Å². The van der Waals surface area contributed by atoms with E-state index in [1.807, 2.05) is 26.0 Å². The number of amides is 1. The van der Waals surface area contributed by atoms with Gasteiger partial charge < -0.3 is 10.1 Å². The Morgan fingerprint density at radius 1 is 1.58 bits per heavy atom. The minimum Gasteiger partial charge on any atom is -0.376 e. The van der Waals surface area contributed by atoms with Crippen molar-refractivity contribution in [3.63, 3.8) is 0 Å². The molecule has 0 spiro atoms. The molecule has 1 atom stereocenters. The van der Waals surface area contributed by atoms with E-state index in [0.717, 1.165) is 24.3 Å². The van der Waals surface area contributed by atoms with Gasteiger partial charge in [-0.15, -0.1) is 0 Å². The summed E-state index contributed by atoms with van der Waals surface area (Å²) in [6, 6.07) is 5.53. The summed E-state index contributed by atoms with van der Waals surface area (Å²) in [5, 5.41) is 3.53. The fourth-order valence-electron chi connectivity index (χ4n) is 2.11. The van der Waals surface area contributed by atoms with Gasteiger partial charge in [-0.3, -0.25) is 9.69 Å². The Morgan fingerprint density at radius 3 is 3.05 bits per heavy atom. The van der Waals surface area contributed by atoms with E-state index in [-0.39, 0.29) is 12.0 Å². The van der Waals surface area contributed by atoms with Gasteiger partial charge in [0.15, 0.2) is 0 Å². The maximum absolute atomic E-state index is 11.9. The number of halogens is 1. The lowest BCUT2D eigenvalue weighted by molar-refractivity contribution is -0.119. The summed E-state index contributed by atoms with van der Waals surface area (Å²) in [7, 11) is 0. The smallest absolute Gasteiger partial charge is 0.238 e. The minimum atomic E-state index is -0.0194. The standard InChI is InChI=1S/C14H19ClN2O2/c1-10-3-4-12(7-13(10)15)16-14(18)9-17-5-6-19-11(2)8-17/h3-4,7,11H,5-6,8-9H2,1-2H3,(H,16,18). The summed E-state index contributed by atoms with van der Waals surface area (Å²) in [5.41, 5.74) is 1.74. The molecule has 1 fully saturated rings. The molecule has 2 rings (SSSR count). The number of nitrogens with one attached hydrogen (secondary N) is 1. The molecule has 5 heteroatoms. The number of morpholine rings is 1. The molecule has 104 valence electrons. The van der Waals surface area contributed by atoms with Crippen molar-refractivity contribution in [2.45, 2.75) is 20.0 Å². The number of carbonyl (C=O) groups excluding carboxylic acids is 1. The van der Waals surface area contributed by atoms with Crippen LogP contribution < -0.4 is 5.32 Å². The molecule has 1 aromatic rings. The molecule has 0 aliphatic carbocycles. The van der Waals surface area contributed by atoms with Crippen molar-refractivity contribution in [3.8, 4) is 0 Å². The summed E-state index contributed by atoms with van der Waals surface area (Å²) < 4.78 is 5.45. The predicted octanol–water partition coefficient (Wildman–Crippen LogP) is 2.31. The quantitative estimate of drug-likeness (QED) is 0.925. The molecule has 1 aliphatic heterocycles. The highest BCUT2D eigenvalue weighted by Crippen LogP contribution is 2.19. The van der Waals surface area contributed by atoms with Gasteiger partial charge in [0.1, 0.15) is 0 Å². The van der Waals surface area contributed by atoms with Gasteiger partial charge in [-0.1, -0.05) is 17.7 Å². The highest BCUT2D eigenvalue weighted by atomic mass is 35.5.